The second-order valence-corrected chi connectivity index (χ2v) is 6.42. The van der Waals surface area contributed by atoms with Gasteiger partial charge in [-0.05, 0) is 26.0 Å². The molecule has 0 saturated heterocycles. The van der Waals surface area contributed by atoms with Crippen LogP contribution in [0.4, 0.5) is 0 Å². The molecule has 1 aromatic carbocycles. The van der Waals surface area contributed by atoms with E-state index in [1.165, 1.54) is 0 Å². The fourth-order valence-electron chi connectivity index (χ4n) is 1.58. The summed E-state index contributed by atoms with van der Waals surface area (Å²) in [6.45, 7) is 4.81. The Morgan fingerprint density at radius 1 is 1.05 bits per heavy atom. The van der Waals surface area contributed by atoms with Gasteiger partial charge in [-0.1, -0.05) is 30.0 Å². The fraction of sp³-hybridized carbons (Fsp3) is 0.375. The summed E-state index contributed by atoms with van der Waals surface area (Å²) in [5, 5.41) is 0.751. The number of nitrogens with zero attached hydrogens (tertiary/aromatic N) is 2. The van der Waals surface area contributed by atoms with Gasteiger partial charge in [0.25, 0.3) is 0 Å². The van der Waals surface area contributed by atoms with Gasteiger partial charge in [0.05, 0.1) is 0 Å². The fourth-order valence-corrected chi connectivity index (χ4v) is 2.46. The van der Waals surface area contributed by atoms with Gasteiger partial charge in [-0.2, -0.15) is 0 Å². The van der Waals surface area contributed by atoms with Gasteiger partial charge in [-0.25, -0.2) is 9.97 Å². The van der Waals surface area contributed by atoms with Crippen molar-refractivity contribution in [2.24, 2.45) is 5.73 Å². The summed E-state index contributed by atoms with van der Waals surface area (Å²) in [6, 6.07) is 9.63. The zero-order valence-corrected chi connectivity index (χ0v) is 13.7. The average Bonchev–Trinajstić information content (AvgIpc) is 2.51. The summed E-state index contributed by atoms with van der Waals surface area (Å²) < 4.78 is 11.2. The van der Waals surface area contributed by atoms with Crippen molar-refractivity contribution in [2.45, 2.75) is 24.4 Å². The third kappa shape index (κ3) is 5.91. The van der Waals surface area contributed by atoms with Crippen molar-refractivity contribution < 1.29 is 9.47 Å². The molecular weight excluding hydrogens is 298 g/mol. The molecule has 0 aliphatic heterocycles. The smallest absolute Gasteiger partial charge is 0.246 e. The number of aromatic nitrogens is 2. The lowest BCUT2D eigenvalue weighted by Crippen LogP contribution is -2.34. The van der Waals surface area contributed by atoms with E-state index in [4.69, 9.17) is 15.2 Å². The molecule has 1 heterocycles. The molecule has 0 saturated carbocycles. The Labute approximate surface area is 135 Å². The van der Waals surface area contributed by atoms with Gasteiger partial charge < -0.3 is 15.2 Å². The number of nitrogens with two attached hydrogens (primary N) is 1. The van der Waals surface area contributed by atoms with Crippen LogP contribution in [-0.4, -0.2) is 34.5 Å². The summed E-state index contributed by atoms with van der Waals surface area (Å²) in [7, 11) is 0. The molecule has 0 unspecified atom stereocenters. The van der Waals surface area contributed by atoms with Crippen molar-refractivity contribution in [1.82, 2.24) is 9.97 Å². The van der Waals surface area contributed by atoms with Crippen molar-refractivity contribution in [3.05, 3.63) is 42.7 Å². The zero-order chi connectivity index (χ0) is 15.8. The summed E-state index contributed by atoms with van der Waals surface area (Å²) in [5.41, 5.74) is 5.72. The van der Waals surface area contributed by atoms with E-state index < -0.39 is 0 Å². The number of rotatable bonds is 8. The predicted octanol–water partition coefficient (Wildman–Crippen LogP) is 2.76. The summed E-state index contributed by atoms with van der Waals surface area (Å²) in [6.07, 6.45) is 3.27. The first-order chi connectivity index (χ1) is 10.5. The molecule has 0 aliphatic rings. The molecule has 22 heavy (non-hydrogen) atoms. The highest BCUT2D eigenvalue weighted by atomic mass is 32.2. The molecule has 0 bridgehead atoms. The van der Waals surface area contributed by atoms with Gasteiger partial charge in [0, 0.05) is 23.7 Å². The Hall–Kier alpha value is -1.79. The standard InChI is InChI=1S/C16H21N3O2S/c1-16(2,17)12-22-15-14(18-8-9-19-15)21-11-10-20-13-6-4-3-5-7-13/h3-9H,10-12,17H2,1-2H3. The number of benzene rings is 1. The van der Waals surface area contributed by atoms with E-state index in [-0.39, 0.29) is 5.54 Å². The maximum Gasteiger partial charge on any atom is 0.246 e. The summed E-state index contributed by atoms with van der Waals surface area (Å²) in [4.78, 5) is 8.52. The maximum absolute atomic E-state index is 5.99. The van der Waals surface area contributed by atoms with Gasteiger partial charge in [0.15, 0.2) is 5.03 Å². The molecule has 0 atom stereocenters. The van der Waals surface area contributed by atoms with E-state index in [2.05, 4.69) is 9.97 Å². The van der Waals surface area contributed by atoms with Crippen LogP contribution in [0.5, 0.6) is 11.6 Å². The first kappa shape index (κ1) is 16.6. The Morgan fingerprint density at radius 3 is 2.45 bits per heavy atom. The third-order valence-corrected chi connectivity index (χ3v) is 3.99. The molecule has 0 amide bonds. The van der Waals surface area contributed by atoms with Gasteiger partial charge >= 0.3 is 0 Å². The minimum Gasteiger partial charge on any atom is -0.490 e. The lowest BCUT2D eigenvalue weighted by molar-refractivity contribution is 0.207. The van der Waals surface area contributed by atoms with Crippen LogP contribution in [0.15, 0.2) is 47.8 Å². The lowest BCUT2D eigenvalue weighted by Gasteiger charge is -2.17. The quantitative estimate of drug-likeness (QED) is 0.596. The van der Waals surface area contributed by atoms with Gasteiger partial charge in [0.2, 0.25) is 5.88 Å². The number of thioether (sulfide) groups is 1. The molecule has 6 heteroatoms. The molecule has 2 aromatic rings. The molecule has 2 rings (SSSR count). The zero-order valence-electron chi connectivity index (χ0n) is 12.9. The first-order valence-corrected chi connectivity index (χ1v) is 8.06. The largest absolute Gasteiger partial charge is 0.490 e. The molecule has 0 aliphatic carbocycles. The molecule has 118 valence electrons. The molecule has 0 radical (unpaired) electrons. The van der Waals surface area contributed by atoms with Crippen LogP contribution in [0.25, 0.3) is 0 Å². The minimum atomic E-state index is -0.268. The molecule has 0 spiro atoms. The average molecular weight is 319 g/mol. The molecule has 2 N–H and O–H groups in total. The predicted molar refractivity (Wildman–Crippen MR) is 88.5 cm³/mol. The Bertz CT molecular complexity index is 573. The number of hydrogen-bond acceptors (Lipinski definition) is 6. The highest BCUT2D eigenvalue weighted by Crippen LogP contribution is 2.26. The topological polar surface area (TPSA) is 70.3 Å². The van der Waals surface area contributed by atoms with Gasteiger partial charge in [-0.3, -0.25) is 0 Å². The van der Waals surface area contributed by atoms with Crippen LogP contribution >= 0.6 is 11.8 Å². The number of para-hydroxylation sites is 1. The van der Waals surface area contributed by atoms with Crippen molar-refractivity contribution >= 4 is 11.8 Å². The Kier molecular flexibility index (Phi) is 6.03. The van der Waals surface area contributed by atoms with Gasteiger partial charge in [-0.15, -0.1) is 0 Å². The van der Waals surface area contributed by atoms with Crippen molar-refractivity contribution in [1.29, 1.82) is 0 Å². The van der Waals surface area contributed by atoms with Crippen LogP contribution < -0.4 is 15.2 Å². The first-order valence-electron chi connectivity index (χ1n) is 7.08. The Morgan fingerprint density at radius 2 is 1.73 bits per heavy atom. The van der Waals surface area contributed by atoms with Crippen molar-refractivity contribution in [3.8, 4) is 11.6 Å². The normalized spacial score (nSPS) is 11.2. The Balaban J connectivity index is 1.82. The molecule has 1 aromatic heterocycles. The van der Waals surface area contributed by atoms with Crippen LogP contribution in [0, 0.1) is 0 Å². The highest BCUT2D eigenvalue weighted by molar-refractivity contribution is 7.99. The molecule has 0 fully saturated rings. The van der Waals surface area contributed by atoms with Crippen LogP contribution in [-0.2, 0) is 0 Å². The van der Waals surface area contributed by atoms with E-state index in [0.717, 1.165) is 16.5 Å². The van der Waals surface area contributed by atoms with Crippen LogP contribution in [0.3, 0.4) is 0 Å². The van der Waals surface area contributed by atoms with Crippen LogP contribution in [0.1, 0.15) is 13.8 Å². The summed E-state index contributed by atoms with van der Waals surface area (Å²) >= 11 is 1.54. The second-order valence-electron chi connectivity index (χ2n) is 5.45. The van der Waals surface area contributed by atoms with Crippen molar-refractivity contribution in [2.75, 3.05) is 19.0 Å². The van der Waals surface area contributed by atoms with Gasteiger partial charge in [0.1, 0.15) is 19.0 Å². The SMILES string of the molecule is CC(C)(N)CSc1nccnc1OCCOc1ccccc1. The van der Waals surface area contributed by atoms with E-state index in [1.807, 2.05) is 44.2 Å². The lowest BCUT2D eigenvalue weighted by atomic mass is 10.1. The maximum atomic E-state index is 5.99. The number of hydrogen-bond donors (Lipinski definition) is 1. The van der Waals surface area contributed by atoms with E-state index in [9.17, 15) is 0 Å². The third-order valence-electron chi connectivity index (χ3n) is 2.55. The number of ether oxygens (including phenoxy) is 2. The van der Waals surface area contributed by atoms with E-state index >= 15 is 0 Å². The highest BCUT2D eigenvalue weighted by Gasteiger charge is 2.14. The molecule has 5 nitrogen and oxygen atoms in total. The second kappa shape index (κ2) is 8.00. The minimum absolute atomic E-state index is 0.268. The molecular formula is C16H21N3O2S. The summed E-state index contributed by atoms with van der Waals surface area (Å²) in [5.74, 6) is 2.08. The van der Waals surface area contributed by atoms with Crippen molar-refractivity contribution in [3.63, 3.8) is 0 Å². The monoisotopic (exact) mass is 319 g/mol. The van der Waals surface area contributed by atoms with Crippen LogP contribution in [0.2, 0.25) is 0 Å². The van der Waals surface area contributed by atoms with E-state index in [0.29, 0.717) is 19.1 Å². The van der Waals surface area contributed by atoms with E-state index in [1.54, 1.807) is 24.2 Å².